The molecule has 2 aromatic carbocycles. The number of imidazole rings is 1. The van der Waals surface area contributed by atoms with Crippen LogP contribution in [0.1, 0.15) is 72.5 Å². The number of aromatic amines is 1. The van der Waals surface area contributed by atoms with Crippen molar-refractivity contribution in [3.05, 3.63) is 70.9 Å². The third kappa shape index (κ3) is 7.01. The first-order valence-electron chi connectivity index (χ1n) is 13.3. The Balaban J connectivity index is 1.64. The van der Waals surface area contributed by atoms with Gasteiger partial charge in [-0.2, -0.15) is 0 Å². The van der Waals surface area contributed by atoms with Crippen LogP contribution in [0.15, 0.2) is 42.7 Å². The van der Waals surface area contributed by atoms with E-state index in [1.165, 1.54) is 12.1 Å². The average Bonchev–Trinajstić information content (AvgIpc) is 3.63. The number of ether oxygens (including phenoxy) is 1. The van der Waals surface area contributed by atoms with Crippen molar-refractivity contribution in [2.24, 2.45) is 18.6 Å². The van der Waals surface area contributed by atoms with Crippen LogP contribution in [-0.4, -0.2) is 32.7 Å². The van der Waals surface area contributed by atoms with Crippen molar-refractivity contribution in [1.82, 2.24) is 4.98 Å². The zero-order chi connectivity index (χ0) is 30.3. The fourth-order valence-corrected chi connectivity index (χ4v) is 5.13. The molecule has 4 rings (SSSR count). The third-order valence-electron chi connectivity index (χ3n) is 6.97. The minimum atomic E-state index is -3.60. The monoisotopic (exact) mass is 582 g/mol. The van der Waals surface area contributed by atoms with Gasteiger partial charge in [-0.05, 0) is 60.6 Å². The molecule has 0 radical (unpaired) electrons. The maximum absolute atomic E-state index is 13.5. The summed E-state index contributed by atoms with van der Waals surface area (Å²) < 4.78 is 34.2. The van der Waals surface area contributed by atoms with Crippen LogP contribution in [-0.2, 0) is 22.5 Å². The molecule has 1 aromatic heterocycles. The van der Waals surface area contributed by atoms with Crippen molar-refractivity contribution in [1.29, 1.82) is 0 Å². The van der Waals surface area contributed by atoms with E-state index in [0.29, 0.717) is 28.6 Å². The van der Waals surface area contributed by atoms with Gasteiger partial charge < -0.3 is 15.8 Å². The lowest BCUT2D eigenvalue weighted by Crippen LogP contribution is -2.30. The highest BCUT2D eigenvalue weighted by Gasteiger charge is 2.33. The summed E-state index contributed by atoms with van der Waals surface area (Å²) in [4.78, 5) is 16.9. The van der Waals surface area contributed by atoms with E-state index in [1.54, 1.807) is 36.5 Å². The fraction of sp³-hybridized carbons (Fsp3) is 0.379. The summed E-state index contributed by atoms with van der Waals surface area (Å²) >= 11 is 0. The van der Waals surface area contributed by atoms with Crippen LogP contribution in [0.3, 0.4) is 0 Å². The number of aromatic nitrogens is 2. The van der Waals surface area contributed by atoms with E-state index < -0.39 is 15.9 Å². The number of H-pyrrole nitrogens is 1. The second-order valence-corrected chi connectivity index (χ2v) is 13.4. The Morgan fingerprint density at radius 2 is 1.85 bits per heavy atom. The number of hydrogen-bond acceptors (Lipinski definition) is 7. The molecule has 1 fully saturated rings. The smallest absolute Gasteiger partial charge is 0.257 e. The van der Waals surface area contributed by atoms with Gasteiger partial charge in [0.05, 0.1) is 43.4 Å². The van der Waals surface area contributed by atoms with Crippen LogP contribution < -0.4 is 35.9 Å². The number of nitrogens with two attached hydrogens (primary N) is 2. The lowest BCUT2D eigenvalue weighted by atomic mass is 9.86. The molecule has 12 heteroatoms. The second kappa shape index (κ2) is 11.1. The van der Waals surface area contributed by atoms with Gasteiger partial charge in [-0.3, -0.25) is 14.5 Å². The Labute approximate surface area is 241 Å². The number of aryl methyl sites for hydroxylation is 2. The van der Waals surface area contributed by atoms with Crippen LogP contribution in [0, 0.1) is 6.92 Å². The minimum Gasteiger partial charge on any atom is -0.492 e. The molecular weight excluding hydrogens is 542 g/mol. The largest absolute Gasteiger partial charge is 0.492 e. The summed E-state index contributed by atoms with van der Waals surface area (Å²) in [6.07, 6.45) is 6.94. The van der Waals surface area contributed by atoms with Crippen molar-refractivity contribution in [3.8, 4) is 5.75 Å². The van der Waals surface area contributed by atoms with E-state index in [1.807, 2.05) is 45.5 Å². The number of sulfonamides is 1. The van der Waals surface area contributed by atoms with E-state index in [0.717, 1.165) is 41.7 Å². The summed E-state index contributed by atoms with van der Waals surface area (Å²) in [5.74, 6) is 7.85. The molecule has 0 aliphatic heterocycles. The Kier molecular flexibility index (Phi) is 8.10. The molecule has 41 heavy (non-hydrogen) atoms. The normalized spacial score (nSPS) is 14.1. The third-order valence-corrected chi connectivity index (χ3v) is 7.56. The Morgan fingerprint density at radius 1 is 1.20 bits per heavy atom. The predicted molar refractivity (Wildman–Crippen MR) is 162 cm³/mol. The molecule has 1 aliphatic rings. The van der Waals surface area contributed by atoms with Gasteiger partial charge in [-0.1, -0.05) is 26.8 Å². The van der Waals surface area contributed by atoms with Crippen molar-refractivity contribution in [3.63, 3.8) is 0 Å². The van der Waals surface area contributed by atoms with E-state index >= 15 is 0 Å². The van der Waals surface area contributed by atoms with E-state index in [2.05, 4.69) is 15.0 Å². The molecule has 3 aromatic rings. The number of nitrogens with one attached hydrogen (secondary N) is 3. The van der Waals surface area contributed by atoms with Gasteiger partial charge in [0.15, 0.2) is 11.4 Å². The number of carbonyl (C=O) groups is 1. The highest BCUT2D eigenvalue weighted by atomic mass is 32.2. The molecule has 1 heterocycles. The highest BCUT2D eigenvalue weighted by molar-refractivity contribution is 7.92. The number of hydrogen-bond donors (Lipinski definition) is 5. The van der Waals surface area contributed by atoms with Crippen LogP contribution in [0.2, 0.25) is 0 Å². The molecule has 220 valence electrons. The van der Waals surface area contributed by atoms with Gasteiger partial charge in [-0.15, -0.1) is 0 Å². The average molecular weight is 583 g/mol. The number of anilines is 3. The lowest BCUT2D eigenvalue weighted by molar-refractivity contribution is -0.678. The minimum absolute atomic E-state index is 0.199. The summed E-state index contributed by atoms with van der Waals surface area (Å²) in [5.41, 5.74) is 10.4. The van der Waals surface area contributed by atoms with Gasteiger partial charge in [0.1, 0.15) is 11.9 Å². The van der Waals surface area contributed by atoms with Gasteiger partial charge in [0.25, 0.3) is 11.7 Å². The SMILES string of the molecule is COc1c(NC(=O)c2ccc(C)c(N(N)/C=C(\N)c3c[n+](C)c(C4CC4)[nH]3)c2)cc(C(C)(C)C)cc1NS(C)(=O)=O. The van der Waals surface area contributed by atoms with Gasteiger partial charge in [0, 0.05) is 11.8 Å². The van der Waals surface area contributed by atoms with Crippen LogP contribution in [0.5, 0.6) is 5.75 Å². The number of amides is 1. The summed E-state index contributed by atoms with van der Waals surface area (Å²) in [7, 11) is -0.201. The standard InChI is InChI=1S/C29H39N7O4S/c1-17-8-9-19(12-25(17)36(31)15-21(30)24-16-35(5)27(32-24)18-10-11-18)28(37)33-22-13-20(29(2,3)4)14-23(26(22)40-6)34-41(7,38)39/h8-9,12-16,18,34H,10-11,30-31H2,1-7H3,(H,33,37)/p+1/b21-15-. The molecule has 7 N–H and O–H groups in total. The Morgan fingerprint density at radius 3 is 2.44 bits per heavy atom. The fourth-order valence-electron chi connectivity index (χ4n) is 4.58. The zero-order valence-corrected chi connectivity index (χ0v) is 25.4. The maximum Gasteiger partial charge on any atom is 0.257 e. The molecule has 1 saturated carbocycles. The first-order valence-corrected chi connectivity index (χ1v) is 15.2. The topological polar surface area (TPSA) is 159 Å². The number of hydrazine groups is 1. The molecule has 1 aliphatic carbocycles. The number of carbonyl (C=O) groups excluding carboxylic acids is 1. The molecule has 0 atom stereocenters. The number of nitrogens with zero attached hydrogens (tertiary/aromatic N) is 2. The molecule has 0 unspecified atom stereocenters. The maximum atomic E-state index is 13.5. The predicted octanol–water partition coefficient (Wildman–Crippen LogP) is 3.59. The van der Waals surface area contributed by atoms with Crippen LogP contribution in [0.25, 0.3) is 5.70 Å². The summed E-state index contributed by atoms with van der Waals surface area (Å²) in [6, 6.07) is 8.66. The second-order valence-electron chi connectivity index (χ2n) is 11.6. The summed E-state index contributed by atoms with van der Waals surface area (Å²) in [5, 5.41) is 4.28. The first kappa shape index (κ1) is 29.9. The Hall–Kier alpha value is -4.03. The molecule has 0 spiro atoms. The lowest BCUT2D eigenvalue weighted by Gasteiger charge is -2.24. The quantitative estimate of drug-likeness (QED) is 0.146. The van der Waals surface area contributed by atoms with Crippen molar-refractivity contribution in [2.75, 3.05) is 28.4 Å². The van der Waals surface area contributed by atoms with E-state index in [-0.39, 0.29) is 16.9 Å². The number of rotatable bonds is 9. The molecular formula is C29H40N7O4S+. The first-order chi connectivity index (χ1) is 19.1. The number of methoxy groups -OCH3 is 1. The highest BCUT2D eigenvalue weighted by Crippen LogP contribution is 2.40. The molecule has 1 amide bonds. The molecule has 0 bridgehead atoms. The van der Waals surface area contributed by atoms with E-state index in [9.17, 15) is 13.2 Å². The number of benzene rings is 2. The van der Waals surface area contributed by atoms with Crippen molar-refractivity contribution >= 4 is 38.7 Å². The van der Waals surface area contributed by atoms with Gasteiger partial charge >= 0.3 is 0 Å². The van der Waals surface area contributed by atoms with E-state index in [4.69, 9.17) is 16.3 Å². The zero-order valence-electron chi connectivity index (χ0n) is 24.6. The summed E-state index contributed by atoms with van der Waals surface area (Å²) in [6.45, 7) is 7.86. The Bertz CT molecular complexity index is 1620. The van der Waals surface area contributed by atoms with Crippen molar-refractivity contribution in [2.45, 2.75) is 51.9 Å². The van der Waals surface area contributed by atoms with Crippen molar-refractivity contribution < 1.29 is 22.5 Å². The molecule has 0 saturated heterocycles. The van der Waals surface area contributed by atoms with Gasteiger partial charge in [0.2, 0.25) is 10.0 Å². The molecule has 11 nitrogen and oxygen atoms in total. The van der Waals surface area contributed by atoms with Crippen LogP contribution >= 0.6 is 0 Å². The van der Waals surface area contributed by atoms with Gasteiger partial charge in [-0.25, -0.2) is 23.8 Å². The van der Waals surface area contributed by atoms with Crippen LogP contribution in [0.4, 0.5) is 17.1 Å².